The van der Waals surface area contributed by atoms with Crippen molar-refractivity contribution in [2.45, 2.75) is 37.8 Å². The molecule has 27 heavy (non-hydrogen) atoms. The van der Waals surface area contributed by atoms with Crippen molar-refractivity contribution in [3.63, 3.8) is 0 Å². The second-order valence-electron chi connectivity index (χ2n) is 6.70. The molecule has 1 atom stereocenters. The predicted octanol–water partition coefficient (Wildman–Crippen LogP) is 2.76. The lowest BCUT2D eigenvalue weighted by atomic mass is 10.2. The van der Waals surface area contributed by atoms with Crippen LogP contribution in [0.2, 0.25) is 0 Å². The van der Waals surface area contributed by atoms with Gasteiger partial charge in [-0.05, 0) is 55.3 Å². The summed E-state index contributed by atoms with van der Waals surface area (Å²) in [5, 5.41) is 2.85. The average molecular weight is 390 g/mol. The number of hydrogen-bond acceptors (Lipinski definition) is 4. The Morgan fingerprint density at radius 3 is 2.15 bits per heavy atom. The van der Waals surface area contributed by atoms with Gasteiger partial charge >= 0.3 is 0 Å². The molecule has 6 nitrogen and oxygen atoms in total. The molecule has 0 saturated carbocycles. The summed E-state index contributed by atoms with van der Waals surface area (Å²) in [7, 11) is 0.376. The molecule has 0 fully saturated rings. The lowest BCUT2D eigenvalue weighted by Gasteiger charge is -2.13. The van der Waals surface area contributed by atoms with Crippen LogP contribution in [0, 0.1) is 0 Å². The Kier molecular flexibility index (Phi) is 6.98. The van der Waals surface area contributed by atoms with Crippen molar-refractivity contribution in [2.24, 2.45) is 0 Å². The molecule has 0 saturated heterocycles. The Morgan fingerprint density at radius 2 is 1.63 bits per heavy atom. The summed E-state index contributed by atoms with van der Waals surface area (Å²) in [6.45, 7) is 4.13. The highest BCUT2D eigenvalue weighted by molar-refractivity contribution is 7.89. The molecule has 0 aliphatic rings. The highest BCUT2D eigenvalue weighted by atomic mass is 32.2. The van der Waals surface area contributed by atoms with Crippen molar-refractivity contribution in [2.75, 3.05) is 19.0 Å². The van der Waals surface area contributed by atoms with Crippen LogP contribution in [0.3, 0.4) is 0 Å². The van der Waals surface area contributed by atoms with E-state index in [1.165, 1.54) is 24.3 Å². The fraction of sp³-hybridized carbons (Fsp3) is 0.350. The van der Waals surface area contributed by atoms with Crippen LogP contribution in [0.5, 0.6) is 0 Å². The predicted molar refractivity (Wildman–Crippen MR) is 108 cm³/mol. The van der Waals surface area contributed by atoms with Crippen LogP contribution in [0.1, 0.15) is 36.2 Å². The van der Waals surface area contributed by atoms with Crippen LogP contribution in [0.25, 0.3) is 0 Å². The van der Waals surface area contributed by atoms with Crippen LogP contribution in [-0.2, 0) is 16.6 Å². The molecule has 2 aromatic carbocycles. The number of carbonyl (C=O) groups is 1. The van der Waals surface area contributed by atoms with Crippen LogP contribution in [-0.4, -0.2) is 34.5 Å². The molecule has 0 heterocycles. The highest BCUT2D eigenvalue weighted by Crippen LogP contribution is 2.14. The number of benzene rings is 2. The maximum absolute atomic E-state index is 12.3. The summed E-state index contributed by atoms with van der Waals surface area (Å²) in [5.41, 5.74) is 2.50. The van der Waals surface area contributed by atoms with Crippen molar-refractivity contribution in [1.82, 2.24) is 10.0 Å². The van der Waals surface area contributed by atoms with E-state index in [1.807, 2.05) is 57.1 Å². The second-order valence-corrected chi connectivity index (χ2v) is 8.41. The third-order valence-electron chi connectivity index (χ3n) is 4.30. The summed E-state index contributed by atoms with van der Waals surface area (Å²) in [4.78, 5) is 14.5. The molecule has 0 aliphatic carbocycles. The number of nitrogens with one attached hydrogen (secondary N) is 2. The average Bonchev–Trinajstić information content (AvgIpc) is 2.66. The van der Waals surface area contributed by atoms with Crippen LogP contribution >= 0.6 is 0 Å². The van der Waals surface area contributed by atoms with Crippen LogP contribution in [0.15, 0.2) is 53.4 Å². The molecule has 146 valence electrons. The molecule has 1 amide bonds. The van der Waals surface area contributed by atoms with Gasteiger partial charge in [0, 0.05) is 37.9 Å². The zero-order valence-corrected chi connectivity index (χ0v) is 17.0. The van der Waals surface area contributed by atoms with Crippen LogP contribution in [0.4, 0.5) is 5.69 Å². The van der Waals surface area contributed by atoms with Crippen molar-refractivity contribution in [3.05, 3.63) is 59.7 Å². The number of hydrogen-bond donors (Lipinski definition) is 2. The normalized spacial score (nSPS) is 12.4. The third kappa shape index (κ3) is 5.80. The van der Waals surface area contributed by atoms with Crippen molar-refractivity contribution >= 4 is 21.6 Å². The molecular formula is C20H27N3O3S. The first-order valence-electron chi connectivity index (χ1n) is 8.89. The molecule has 0 bridgehead atoms. The number of anilines is 1. The summed E-state index contributed by atoms with van der Waals surface area (Å²) >= 11 is 0. The lowest BCUT2D eigenvalue weighted by molar-refractivity contribution is 0.0951. The van der Waals surface area contributed by atoms with Gasteiger partial charge in [0.1, 0.15) is 0 Å². The summed E-state index contributed by atoms with van der Waals surface area (Å²) in [6.07, 6.45) is 0.704. The SMILES string of the molecule is CC[C@H](C)NS(=O)(=O)c1ccc(C(=O)NCc2ccc(N(C)C)cc2)cc1. The van der Waals surface area contributed by atoms with E-state index in [9.17, 15) is 13.2 Å². The molecule has 0 spiro atoms. The zero-order chi connectivity index (χ0) is 20.0. The van der Waals surface area contributed by atoms with Gasteiger partial charge in [-0.2, -0.15) is 0 Å². The first-order valence-corrected chi connectivity index (χ1v) is 10.4. The van der Waals surface area contributed by atoms with Gasteiger partial charge in [-0.1, -0.05) is 19.1 Å². The highest BCUT2D eigenvalue weighted by Gasteiger charge is 2.17. The number of carbonyl (C=O) groups excluding carboxylic acids is 1. The van der Waals surface area contributed by atoms with E-state index in [1.54, 1.807) is 0 Å². The minimum absolute atomic E-state index is 0.142. The molecule has 2 aromatic rings. The second kappa shape index (κ2) is 9.01. The number of nitrogens with zero attached hydrogens (tertiary/aromatic N) is 1. The molecule has 0 aromatic heterocycles. The smallest absolute Gasteiger partial charge is 0.251 e. The topological polar surface area (TPSA) is 78.5 Å². The summed E-state index contributed by atoms with van der Waals surface area (Å²) in [6, 6.07) is 13.7. The first-order chi connectivity index (χ1) is 12.7. The fourth-order valence-corrected chi connectivity index (χ4v) is 3.72. The van der Waals surface area contributed by atoms with Gasteiger partial charge in [0.15, 0.2) is 0 Å². The molecule has 0 radical (unpaired) electrons. The van der Waals surface area contributed by atoms with Crippen molar-refractivity contribution in [1.29, 1.82) is 0 Å². The first kappa shape index (κ1) is 20.9. The Hall–Kier alpha value is -2.38. The quantitative estimate of drug-likeness (QED) is 0.728. The number of rotatable bonds is 8. The molecule has 0 unspecified atom stereocenters. The number of sulfonamides is 1. The zero-order valence-electron chi connectivity index (χ0n) is 16.2. The van der Waals surface area contributed by atoms with Crippen molar-refractivity contribution in [3.8, 4) is 0 Å². The lowest BCUT2D eigenvalue weighted by Crippen LogP contribution is -2.32. The molecule has 0 aliphatic heterocycles. The molecule has 2 N–H and O–H groups in total. The van der Waals surface area contributed by atoms with E-state index >= 15 is 0 Å². The molecular weight excluding hydrogens is 362 g/mol. The Morgan fingerprint density at radius 1 is 1.04 bits per heavy atom. The van der Waals surface area contributed by atoms with Gasteiger partial charge in [-0.15, -0.1) is 0 Å². The van der Waals surface area contributed by atoms with Crippen LogP contribution < -0.4 is 14.9 Å². The Labute approximate surface area is 161 Å². The van der Waals surface area contributed by atoms with Gasteiger partial charge < -0.3 is 10.2 Å². The Balaban J connectivity index is 1.99. The minimum atomic E-state index is -3.57. The maximum atomic E-state index is 12.3. The van der Waals surface area contributed by atoms with E-state index in [4.69, 9.17) is 0 Å². The van der Waals surface area contributed by atoms with Gasteiger partial charge in [-0.25, -0.2) is 13.1 Å². The maximum Gasteiger partial charge on any atom is 0.251 e. The summed E-state index contributed by atoms with van der Waals surface area (Å²) < 4.78 is 27.1. The van der Waals surface area contributed by atoms with E-state index < -0.39 is 10.0 Å². The molecule has 7 heteroatoms. The number of amides is 1. The van der Waals surface area contributed by atoms with E-state index in [-0.39, 0.29) is 16.8 Å². The van der Waals surface area contributed by atoms with E-state index in [0.717, 1.165) is 11.3 Å². The summed E-state index contributed by atoms with van der Waals surface area (Å²) in [5.74, 6) is -0.245. The van der Waals surface area contributed by atoms with E-state index in [0.29, 0.717) is 18.5 Å². The minimum Gasteiger partial charge on any atom is -0.378 e. The fourth-order valence-electron chi connectivity index (χ4n) is 2.40. The van der Waals surface area contributed by atoms with Gasteiger partial charge in [0.2, 0.25) is 10.0 Å². The van der Waals surface area contributed by atoms with E-state index in [2.05, 4.69) is 10.0 Å². The molecule has 2 rings (SSSR count). The van der Waals surface area contributed by atoms with Gasteiger partial charge in [-0.3, -0.25) is 4.79 Å². The van der Waals surface area contributed by atoms with Gasteiger partial charge in [0.05, 0.1) is 4.90 Å². The largest absolute Gasteiger partial charge is 0.378 e. The van der Waals surface area contributed by atoms with Gasteiger partial charge in [0.25, 0.3) is 5.91 Å². The van der Waals surface area contributed by atoms with Crippen molar-refractivity contribution < 1.29 is 13.2 Å². The standard InChI is InChI=1S/C20H27N3O3S/c1-5-15(2)22-27(25,26)19-12-8-17(9-13-19)20(24)21-14-16-6-10-18(11-7-16)23(3)4/h6-13,15,22H,5,14H2,1-4H3,(H,21,24)/t15-/m0/s1. The Bertz CT molecular complexity index is 860. The monoisotopic (exact) mass is 389 g/mol. The third-order valence-corrected chi connectivity index (χ3v) is 5.91.